The quantitative estimate of drug-likeness (QED) is 0.866. The van der Waals surface area contributed by atoms with Gasteiger partial charge in [-0.3, -0.25) is 0 Å². The van der Waals surface area contributed by atoms with Gasteiger partial charge >= 0.3 is 0 Å². The van der Waals surface area contributed by atoms with Crippen LogP contribution in [0.2, 0.25) is 0 Å². The van der Waals surface area contributed by atoms with E-state index in [1.807, 2.05) is 18.2 Å². The Morgan fingerprint density at radius 2 is 1.90 bits per heavy atom. The van der Waals surface area contributed by atoms with Gasteiger partial charge in [0.2, 0.25) is 0 Å². The lowest BCUT2D eigenvalue weighted by Gasteiger charge is -2.42. The SMILES string of the molecule is CC1C(/C=C/C=C/c2ccccc2)NCCC12OCCO2. The van der Waals surface area contributed by atoms with Crippen LogP contribution in [0.3, 0.4) is 0 Å². The van der Waals surface area contributed by atoms with Crippen LogP contribution in [-0.2, 0) is 9.47 Å². The molecule has 0 bridgehead atoms. The molecule has 2 aliphatic rings. The van der Waals surface area contributed by atoms with E-state index >= 15 is 0 Å². The van der Waals surface area contributed by atoms with Crippen LogP contribution in [0.5, 0.6) is 0 Å². The van der Waals surface area contributed by atoms with Crippen molar-refractivity contribution in [2.75, 3.05) is 19.8 Å². The van der Waals surface area contributed by atoms with Crippen LogP contribution >= 0.6 is 0 Å². The third-order valence-electron chi connectivity index (χ3n) is 4.38. The standard InChI is InChI=1S/C18H23NO2/c1-15-17(19-12-11-18(15)20-13-14-21-18)10-6-5-9-16-7-3-2-4-8-16/h2-10,15,17,19H,11-14H2,1H3/b9-5+,10-6+. The highest BCUT2D eigenvalue weighted by Crippen LogP contribution is 2.36. The predicted molar refractivity (Wildman–Crippen MR) is 84.8 cm³/mol. The van der Waals surface area contributed by atoms with E-state index in [0.29, 0.717) is 19.1 Å². The smallest absolute Gasteiger partial charge is 0.174 e. The highest BCUT2D eigenvalue weighted by Gasteiger charge is 2.46. The zero-order valence-electron chi connectivity index (χ0n) is 12.5. The number of nitrogens with one attached hydrogen (secondary N) is 1. The van der Waals surface area contributed by atoms with Gasteiger partial charge in [0.25, 0.3) is 0 Å². The van der Waals surface area contributed by atoms with Crippen LogP contribution in [0.15, 0.2) is 48.6 Å². The summed E-state index contributed by atoms with van der Waals surface area (Å²) in [4.78, 5) is 0. The molecule has 21 heavy (non-hydrogen) atoms. The lowest BCUT2D eigenvalue weighted by molar-refractivity contribution is -0.209. The van der Waals surface area contributed by atoms with E-state index in [4.69, 9.17) is 9.47 Å². The monoisotopic (exact) mass is 285 g/mol. The summed E-state index contributed by atoms with van der Waals surface area (Å²) in [7, 11) is 0. The Morgan fingerprint density at radius 1 is 1.14 bits per heavy atom. The van der Waals surface area contributed by atoms with Crippen LogP contribution in [-0.4, -0.2) is 31.6 Å². The second-order valence-corrected chi connectivity index (χ2v) is 5.68. The molecule has 2 atom stereocenters. The van der Waals surface area contributed by atoms with E-state index in [1.54, 1.807) is 0 Å². The summed E-state index contributed by atoms with van der Waals surface area (Å²) in [5, 5.41) is 3.54. The minimum Gasteiger partial charge on any atom is -0.347 e. The molecule has 3 rings (SSSR count). The van der Waals surface area contributed by atoms with Crippen molar-refractivity contribution in [3.05, 3.63) is 54.1 Å². The molecule has 112 valence electrons. The molecule has 3 nitrogen and oxygen atoms in total. The fourth-order valence-corrected chi connectivity index (χ4v) is 3.12. The Balaban J connectivity index is 1.61. The first-order valence-electron chi connectivity index (χ1n) is 7.71. The molecule has 2 heterocycles. The molecule has 0 saturated carbocycles. The highest BCUT2D eigenvalue weighted by atomic mass is 16.7. The Morgan fingerprint density at radius 3 is 2.67 bits per heavy atom. The first-order chi connectivity index (χ1) is 10.3. The molecule has 2 saturated heterocycles. The van der Waals surface area contributed by atoms with Gasteiger partial charge in [-0.15, -0.1) is 0 Å². The van der Waals surface area contributed by atoms with Gasteiger partial charge in [-0.05, 0) is 5.56 Å². The Kier molecular flexibility index (Phi) is 4.54. The van der Waals surface area contributed by atoms with E-state index < -0.39 is 0 Å². The second-order valence-electron chi connectivity index (χ2n) is 5.68. The topological polar surface area (TPSA) is 30.5 Å². The third-order valence-corrected chi connectivity index (χ3v) is 4.38. The van der Waals surface area contributed by atoms with Crippen molar-refractivity contribution in [3.63, 3.8) is 0 Å². The number of ether oxygens (including phenoxy) is 2. The Bertz CT molecular complexity index is 503. The van der Waals surface area contributed by atoms with Gasteiger partial charge in [0.05, 0.1) is 13.2 Å². The normalized spacial score (nSPS) is 28.8. The predicted octanol–water partition coefficient (Wildman–Crippen LogP) is 3.00. The summed E-state index contributed by atoms with van der Waals surface area (Å²) in [5.41, 5.74) is 1.21. The van der Waals surface area contributed by atoms with Gasteiger partial charge in [-0.1, -0.05) is 61.6 Å². The van der Waals surface area contributed by atoms with Crippen molar-refractivity contribution in [2.45, 2.75) is 25.2 Å². The summed E-state index contributed by atoms with van der Waals surface area (Å²) in [6.45, 7) is 4.57. The maximum Gasteiger partial charge on any atom is 0.174 e. The van der Waals surface area contributed by atoms with Gasteiger partial charge in [0, 0.05) is 24.9 Å². The summed E-state index contributed by atoms with van der Waals surface area (Å²) in [5.74, 6) is -0.0567. The Hall–Kier alpha value is -1.42. The van der Waals surface area contributed by atoms with Crippen LogP contribution in [0.1, 0.15) is 18.9 Å². The maximum absolute atomic E-state index is 5.89. The molecular weight excluding hydrogens is 262 g/mol. The van der Waals surface area contributed by atoms with Crippen molar-refractivity contribution in [1.29, 1.82) is 0 Å². The summed E-state index contributed by atoms with van der Waals surface area (Å²) < 4.78 is 11.8. The van der Waals surface area contributed by atoms with Gasteiger partial charge < -0.3 is 14.8 Å². The summed E-state index contributed by atoms with van der Waals surface area (Å²) in [6.07, 6.45) is 9.44. The van der Waals surface area contributed by atoms with Crippen molar-refractivity contribution in [2.24, 2.45) is 5.92 Å². The molecular formula is C18H23NO2. The molecule has 2 unspecified atom stereocenters. The van der Waals surface area contributed by atoms with E-state index in [0.717, 1.165) is 13.0 Å². The van der Waals surface area contributed by atoms with Gasteiger partial charge in [-0.25, -0.2) is 0 Å². The lowest BCUT2D eigenvalue weighted by atomic mass is 9.86. The average molecular weight is 285 g/mol. The fraction of sp³-hybridized carbons (Fsp3) is 0.444. The van der Waals surface area contributed by atoms with Crippen molar-refractivity contribution < 1.29 is 9.47 Å². The largest absolute Gasteiger partial charge is 0.347 e. The number of benzene rings is 1. The van der Waals surface area contributed by atoms with Crippen LogP contribution in [0.25, 0.3) is 6.08 Å². The number of rotatable bonds is 3. The van der Waals surface area contributed by atoms with Crippen LogP contribution < -0.4 is 5.32 Å². The fourth-order valence-electron chi connectivity index (χ4n) is 3.12. The number of piperidine rings is 1. The molecule has 1 spiro atoms. The van der Waals surface area contributed by atoms with E-state index in [2.05, 4.69) is 48.7 Å². The molecule has 0 aliphatic carbocycles. The molecule has 2 aliphatic heterocycles. The first kappa shape index (κ1) is 14.5. The van der Waals surface area contributed by atoms with Crippen molar-refractivity contribution in [3.8, 4) is 0 Å². The van der Waals surface area contributed by atoms with Gasteiger partial charge in [0.1, 0.15) is 0 Å². The van der Waals surface area contributed by atoms with Crippen LogP contribution in [0.4, 0.5) is 0 Å². The highest BCUT2D eigenvalue weighted by molar-refractivity contribution is 5.50. The minimum atomic E-state index is -0.372. The van der Waals surface area contributed by atoms with Gasteiger partial charge in [0.15, 0.2) is 5.79 Å². The molecule has 1 aromatic carbocycles. The molecule has 0 radical (unpaired) electrons. The number of hydrogen-bond donors (Lipinski definition) is 1. The maximum atomic E-state index is 5.89. The summed E-state index contributed by atoms with van der Waals surface area (Å²) in [6, 6.07) is 10.6. The average Bonchev–Trinajstić information content (AvgIpc) is 2.98. The number of allylic oxidation sites excluding steroid dienone is 2. The lowest BCUT2D eigenvalue weighted by Crippen LogP contribution is -2.55. The first-order valence-corrected chi connectivity index (χ1v) is 7.71. The van der Waals surface area contributed by atoms with Gasteiger partial charge in [-0.2, -0.15) is 0 Å². The van der Waals surface area contributed by atoms with E-state index in [1.165, 1.54) is 5.56 Å². The van der Waals surface area contributed by atoms with Crippen molar-refractivity contribution >= 4 is 6.08 Å². The molecule has 1 N–H and O–H groups in total. The molecule has 0 amide bonds. The van der Waals surface area contributed by atoms with Crippen LogP contribution in [0, 0.1) is 5.92 Å². The minimum absolute atomic E-state index is 0.289. The van der Waals surface area contributed by atoms with E-state index in [-0.39, 0.29) is 11.8 Å². The molecule has 1 aromatic rings. The Labute approximate surface area is 126 Å². The number of hydrogen-bond acceptors (Lipinski definition) is 3. The molecule has 3 heteroatoms. The molecule has 2 fully saturated rings. The van der Waals surface area contributed by atoms with Crippen molar-refractivity contribution in [1.82, 2.24) is 5.32 Å². The second kappa shape index (κ2) is 6.56. The molecule has 0 aromatic heterocycles. The van der Waals surface area contributed by atoms with E-state index in [9.17, 15) is 0 Å². The summed E-state index contributed by atoms with van der Waals surface area (Å²) >= 11 is 0. The third kappa shape index (κ3) is 3.26. The zero-order valence-corrected chi connectivity index (χ0v) is 12.5. The zero-order chi connectivity index (χ0) is 14.5.